The van der Waals surface area contributed by atoms with E-state index in [2.05, 4.69) is 57.0 Å². The molecule has 1 aromatic carbocycles. The Hall–Kier alpha value is -2.74. The Morgan fingerprint density at radius 1 is 1.07 bits per heavy atom. The molecule has 1 aliphatic heterocycles. The number of anilines is 2. The Morgan fingerprint density at radius 2 is 1.89 bits per heavy atom. The molecule has 7 nitrogen and oxygen atoms in total. The van der Waals surface area contributed by atoms with Gasteiger partial charge in [-0.2, -0.15) is 0 Å². The van der Waals surface area contributed by atoms with E-state index in [0.29, 0.717) is 0 Å². The summed E-state index contributed by atoms with van der Waals surface area (Å²) in [6.45, 7) is 7.87. The van der Waals surface area contributed by atoms with Crippen LogP contribution in [0.25, 0.3) is 15.9 Å². The second kappa shape index (κ2) is 6.45. The third-order valence-electron chi connectivity index (χ3n) is 5.15. The lowest BCUT2D eigenvalue weighted by molar-refractivity contribution is 0.646. The fourth-order valence-electron chi connectivity index (χ4n) is 3.64. The van der Waals surface area contributed by atoms with Crippen LogP contribution >= 0.6 is 11.3 Å². The first-order valence-corrected chi connectivity index (χ1v) is 10.1. The van der Waals surface area contributed by atoms with Crippen molar-refractivity contribution in [3.05, 3.63) is 42.0 Å². The van der Waals surface area contributed by atoms with Crippen molar-refractivity contribution in [3.8, 4) is 0 Å². The van der Waals surface area contributed by atoms with Gasteiger partial charge in [0, 0.05) is 45.0 Å². The molecule has 1 saturated heterocycles. The van der Waals surface area contributed by atoms with Gasteiger partial charge >= 0.3 is 0 Å². The molecule has 138 valence electrons. The Morgan fingerprint density at radius 3 is 2.67 bits per heavy atom. The number of nitrogens with zero attached hydrogens (tertiary/aromatic N) is 7. The monoisotopic (exact) mass is 379 g/mol. The summed E-state index contributed by atoms with van der Waals surface area (Å²) in [6.07, 6.45) is 4.64. The lowest BCUT2D eigenvalue weighted by atomic mass is 10.2. The molecule has 0 saturated carbocycles. The first kappa shape index (κ1) is 16.4. The smallest absolute Gasteiger partial charge is 0.203 e. The Bertz CT molecular complexity index is 1110. The van der Waals surface area contributed by atoms with E-state index in [4.69, 9.17) is 4.98 Å². The van der Waals surface area contributed by atoms with Crippen LogP contribution in [0, 0.1) is 6.92 Å². The van der Waals surface area contributed by atoms with Crippen LogP contribution in [0.5, 0.6) is 0 Å². The van der Waals surface area contributed by atoms with E-state index in [0.717, 1.165) is 60.5 Å². The molecule has 3 aromatic heterocycles. The summed E-state index contributed by atoms with van der Waals surface area (Å²) < 4.78 is 3.31. The maximum atomic E-state index is 4.88. The molecule has 1 fully saturated rings. The second-order valence-corrected chi connectivity index (χ2v) is 7.82. The number of aryl methyl sites for hydroxylation is 2. The summed E-state index contributed by atoms with van der Waals surface area (Å²) in [5.41, 5.74) is 3.21. The van der Waals surface area contributed by atoms with Crippen LogP contribution in [0.2, 0.25) is 0 Å². The lowest BCUT2D eigenvalue weighted by Crippen LogP contribution is -2.47. The number of hydrogen-bond donors (Lipinski definition) is 0. The van der Waals surface area contributed by atoms with Crippen molar-refractivity contribution in [2.75, 3.05) is 36.0 Å². The molecule has 8 heteroatoms. The molecule has 0 radical (unpaired) electrons. The van der Waals surface area contributed by atoms with E-state index in [-0.39, 0.29) is 0 Å². The number of fused-ring (bicyclic) bond motifs is 2. The Kier molecular flexibility index (Phi) is 3.93. The molecule has 0 unspecified atom stereocenters. The maximum Gasteiger partial charge on any atom is 0.203 e. The number of rotatable bonds is 3. The van der Waals surface area contributed by atoms with E-state index in [1.807, 2.05) is 16.8 Å². The van der Waals surface area contributed by atoms with Crippen LogP contribution in [-0.2, 0) is 6.42 Å². The molecule has 4 aromatic rings. The number of thiazole rings is 1. The summed E-state index contributed by atoms with van der Waals surface area (Å²) in [4.78, 5) is 14.2. The highest BCUT2D eigenvalue weighted by molar-refractivity contribution is 7.22. The van der Waals surface area contributed by atoms with Gasteiger partial charge in [0.25, 0.3) is 0 Å². The highest BCUT2D eigenvalue weighted by Crippen LogP contribution is 2.31. The zero-order valence-electron chi connectivity index (χ0n) is 15.5. The lowest BCUT2D eigenvalue weighted by Gasteiger charge is -2.35. The minimum atomic E-state index is 0.846. The summed E-state index contributed by atoms with van der Waals surface area (Å²) in [5, 5.41) is 9.77. The SMILES string of the molecule is CCc1nnc2c(N3CCN(c4nc5c(C)cccc5s4)CC3)nccn12. The quantitative estimate of drug-likeness (QED) is 0.545. The first-order chi connectivity index (χ1) is 13.2. The third-order valence-corrected chi connectivity index (χ3v) is 6.24. The van der Waals surface area contributed by atoms with Crippen LogP contribution in [-0.4, -0.2) is 50.7 Å². The summed E-state index contributed by atoms with van der Waals surface area (Å²) in [6, 6.07) is 6.38. The van der Waals surface area contributed by atoms with Crippen molar-refractivity contribution in [2.24, 2.45) is 0 Å². The normalized spacial score (nSPS) is 15.2. The highest BCUT2D eigenvalue weighted by Gasteiger charge is 2.23. The second-order valence-electron chi connectivity index (χ2n) is 6.81. The molecule has 0 amide bonds. The number of para-hydroxylation sites is 1. The average molecular weight is 379 g/mol. The van der Waals surface area contributed by atoms with Gasteiger partial charge in [-0.15, -0.1) is 10.2 Å². The molecule has 0 spiro atoms. The number of hydrogen-bond acceptors (Lipinski definition) is 7. The van der Waals surface area contributed by atoms with Gasteiger partial charge in [-0.3, -0.25) is 4.40 Å². The van der Waals surface area contributed by atoms with Gasteiger partial charge < -0.3 is 9.80 Å². The highest BCUT2D eigenvalue weighted by atomic mass is 32.1. The van der Waals surface area contributed by atoms with E-state index >= 15 is 0 Å². The van der Waals surface area contributed by atoms with Crippen LogP contribution < -0.4 is 9.80 Å². The van der Waals surface area contributed by atoms with E-state index in [1.54, 1.807) is 11.3 Å². The van der Waals surface area contributed by atoms with Crippen LogP contribution in [0.15, 0.2) is 30.6 Å². The van der Waals surface area contributed by atoms with E-state index < -0.39 is 0 Å². The molecular formula is C19H21N7S. The van der Waals surface area contributed by atoms with Crippen molar-refractivity contribution >= 4 is 38.2 Å². The van der Waals surface area contributed by atoms with Crippen LogP contribution in [0.3, 0.4) is 0 Å². The van der Waals surface area contributed by atoms with E-state index in [1.165, 1.54) is 10.3 Å². The zero-order valence-corrected chi connectivity index (χ0v) is 16.3. The molecule has 1 aliphatic rings. The van der Waals surface area contributed by atoms with Gasteiger partial charge in [0.1, 0.15) is 5.82 Å². The average Bonchev–Trinajstić information content (AvgIpc) is 3.33. The fraction of sp³-hybridized carbons (Fsp3) is 0.368. The van der Waals surface area contributed by atoms with Crippen LogP contribution in [0.1, 0.15) is 18.3 Å². The zero-order chi connectivity index (χ0) is 18.4. The molecule has 0 atom stereocenters. The predicted molar refractivity (Wildman–Crippen MR) is 109 cm³/mol. The Balaban J connectivity index is 1.38. The minimum Gasteiger partial charge on any atom is -0.350 e. The number of piperazine rings is 1. The maximum absolute atomic E-state index is 4.88. The third kappa shape index (κ3) is 2.71. The van der Waals surface area contributed by atoms with Gasteiger partial charge in [-0.1, -0.05) is 30.4 Å². The number of benzene rings is 1. The molecule has 0 bridgehead atoms. The molecule has 4 heterocycles. The van der Waals surface area contributed by atoms with Gasteiger partial charge in [0.15, 0.2) is 10.9 Å². The molecule has 0 N–H and O–H groups in total. The largest absolute Gasteiger partial charge is 0.350 e. The molecule has 0 aliphatic carbocycles. The molecular weight excluding hydrogens is 358 g/mol. The standard InChI is InChI=1S/C19H21N7S/c1-3-15-22-23-18-17(20-7-8-26(15)18)24-9-11-25(12-10-24)19-21-16-13(2)5-4-6-14(16)27-19/h4-8H,3,9-12H2,1-2H3. The summed E-state index contributed by atoms with van der Waals surface area (Å²) in [7, 11) is 0. The predicted octanol–water partition coefficient (Wildman–Crippen LogP) is 2.93. The first-order valence-electron chi connectivity index (χ1n) is 9.29. The van der Waals surface area contributed by atoms with Crippen molar-refractivity contribution < 1.29 is 0 Å². The van der Waals surface area contributed by atoms with E-state index in [9.17, 15) is 0 Å². The minimum absolute atomic E-state index is 0.846. The van der Waals surface area contributed by atoms with Crippen molar-refractivity contribution in [1.82, 2.24) is 24.6 Å². The Labute approximate surface area is 161 Å². The van der Waals surface area contributed by atoms with Crippen LogP contribution in [0.4, 0.5) is 10.9 Å². The van der Waals surface area contributed by atoms with Gasteiger partial charge in [-0.25, -0.2) is 9.97 Å². The van der Waals surface area contributed by atoms with Gasteiger partial charge in [0.2, 0.25) is 5.65 Å². The number of aromatic nitrogens is 5. The van der Waals surface area contributed by atoms with Gasteiger partial charge in [-0.05, 0) is 18.6 Å². The van der Waals surface area contributed by atoms with Crippen molar-refractivity contribution in [1.29, 1.82) is 0 Å². The van der Waals surface area contributed by atoms with Crippen molar-refractivity contribution in [2.45, 2.75) is 20.3 Å². The summed E-state index contributed by atoms with van der Waals surface area (Å²) in [5.74, 6) is 1.89. The topological polar surface area (TPSA) is 62.5 Å². The molecule has 27 heavy (non-hydrogen) atoms. The molecule has 5 rings (SSSR count). The van der Waals surface area contributed by atoms with Crippen molar-refractivity contribution in [3.63, 3.8) is 0 Å². The fourth-order valence-corrected chi connectivity index (χ4v) is 4.74. The summed E-state index contributed by atoms with van der Waals surface area (Å²) >= 11 is 1.78. The van der Waals surface area contributed by atoms with Gasteiger partial charge in [0.05, 0.1) is 10.2 Å².